The predicted octanol–water partition coefficient (Wildman–Crippen LogP) is 6.46. The highest BCUT2D eigenvalue weighted by Gasteiger charge is 2.30. The fraction of sp³-hybridized carbons (Fsp3) is 0.179. The van der Waals surface area contributed by atoms with Gasteiger partial charge in [0.05, 0.1) is 12.8 Å². The van der Waals surface area contributed by atoms with Crippen molar-refractivity contribution in [3.8, 4) is 5.75 Å². The lowest BCUT2D eigenvalue weighted by Gasteiger charge is -2.23. The fourth-order valence-corrected chi connectivity index (χ4v) is 3.68. The summed E-state index contributed by atoms with van der Waals surface area (Å²) in [7, 11) is 1.64. The molecule has 31 heavy (non-hydrogen) atoms. The molecule has 0 spiro atoms. The molecular weight excluding hydrogens is 382 g/mol. The number of ether oxygens (including phenoxy) is 1. The molecule has 1 heterocycles. The summed E-state index contributed by atoms with van der Waals surface area (Å²) in [4.78, 5) is 15.3. The molecule has 156 valence electrons. The molecule has 0 atom stereocenters. The molecule has 3 nitrogen and oxygen atoms in total. The van der Waals surface area contributed by atoms with Crippen LogP contribution in [-0.4, -0.2) is 13.0 Å². The predicted molar refractivity (Wildman–Crippen MR) is 128 cm³/mol. The van der Waals surface area contributed by atoms with Gasteiger partial charge in [0, 0.05) is 11.3 Å². The molecule has 3 aromatic rings. The second-order valence-electron chi connectivity index (χ2n) is 8.71. The van der Waals surface area contributed by atoms with Gasteiger partial charge in [0.2, 0.25) is 0 Å². The Labute approximate surface area is 184 Å². The van der Waals surface area contributed by atoms with Gasteiger partial charge >= 0.3 is 0 Å². The van der Waals surface area contributed by atoms with Gasteiger partial charge in [0.1, 0.15) is 5.75 Å². The van der Waals surface area contributed by atoms with E-state index >= 15 is 0 Å². The highest BCUT2D eigenvalue weighted by Crippen LogP contribution is 2.36. The molecule has 3 aromatic carbocycles. The molecule has 4 rings (SSSR count). The first kappa shape index (κ1) is 20.7. The maximum atomic E-state index is 13.5. The van der Waals surface area contributed by atoms with E-state index in [4.69, 9.17) is 4.74 Å². The Morgan fingerprint density at radius 2 is 1.48 bits per heavy atom. The quantitative estimate of drug-likeness (QED) is 0.463. The Morgan fingerprint density at radius 3 is 2.06 bits per heavy atom. The van der Waals surface area contributed by atoms with Crippen molar-refractivity contribution in [2.24, 2.45) is 0 Å². The second-order valence-corrected chi connectivity index (χ2v) is 8.71. The first-order chi connectivity index (χ1) is 14.9. The van der Waals surface area contributed by atoms with E-state index in [0.717, 1.165) is 28.3 Å². The van der Waals surface area contributed by atoms with Crippen LogP contribution in [0.2, 0.25) is 0 Å². The Morgan fingerprint density at radius 1 is 0.839 bits per heavy atom. The Kier molecular flexibility index (Phi) is 5.51. The third-order valence-corrected chi connectivity index (χ3v) is 5.48. The van der Waals surface area contributed by atoms with Gasteiger partial charge < -0.3 is 4.74 Å². The summed E-state index contributed by atoms with van der Waals surface area (Å²) in [5, 5.41) is 0. The van der Waals surface area contributed by atoms with Crippen LogP contribution in [0.1, 0.15) is 37.5 Å². The maximum absolute atomic E-state index is 13.5. The number of methoxy groups -OCH3 is 1. The topological polar surface area (TPSA) is 29.5 Å². The molecule has 0 aromatic heterocycles. The van der Waals surface area contributed by atoms with Crippen LogP contribution in [0.15, 0.2) is 90.5 Å². The largest absolute Gasteiger partial charge is 0.497 e. The number of rotatable bonds is 4. The molecule has 0 bridgehead atoms. The third-order valence-electron chi connectivity index (χ3n) is 5.48. The number of anilines is 1. The molecule has 1 aliphatic heterocycles. The van der Waals surface area contributed by atoms with Crippen LogP contribution in [0.4, 0.5) is 5.69 Å². The van der Waals surface area contributed by atoms with Crippen LogP contribution >= 0.6 is 0 Å². The molecule has 0 N–H and O–H groups in total. The Balaban J connectivity index is 1.76. The number of nitrogens with zero attached hydrogens (tertiary/aromatic N) is 1. The van der Waals surface area contributed by atoms with Gasteiger partial charge in [-0.15, -0.1) is 0 Å². The number of carbonyl (C=O) groups is 1. The standard InChI is InChI=1S/C28H27NO2/c1-28(2,3)23-12-14-24(15-13-23)29-26(21-8-6-5-7-9-21)19-22(27(29)30)18-20-10-16-25(31-4)17-11-20/h5-19H,1-4H3/b22-18+. The zero-order valence-electron chi connectivity index (χ0n) is 18.4. The molecule has 0 unspecified atom stereocenters. The van der Waals surface area contributed by atoms with Gasteiger partial charge in [0.25, 0.3) is 5.91 Å². The molecule has 0 fully saturated rings. The average Bonchev–Trinajstić information content (AvgIpc) is 3.10. The number of benzene rings is 3. The molecule has 0 radical (unpaired) electrons. The van der Waals surface area contributed by atoms with Gasteiger partial charge in [-0.3, -0.25) is 9.69 Å². The molecular formula is C28H27NO2. The lowest BCUT2D eigenvalue weighted by atomic mass is 9.87. The van der Waals surface area contributed by atoms with Crippen molar-refractivity contribution in [1.82, 2.24) is 0 Å². The summed E-state index contributed by atoms with van der Waals surface area (Å²) in [6.07, 6.45) is 3.90. The molecule has 0 aliphatic carbocycles. The van der Waals surface area contributed by atoms with E-state index in [1.165, 1.54) is 5.56 Å². The molecule has 0 saturated carbocycles. The fourth-order valence-electron chi connectivity index (χ4n) is 3.68. The Bertz CT molecular complexity index is 1130. The first-order valence-corrected chi connectivity index (χ1v) is 10.4. The van der Waals surface area contributed by atoms with Crippen molar-refractivity contribution in [3.05, 3.63) is 107 Å². The second kappa shape index (κ2) is 8.27. The lowest BCUT2D eigenvalue weighted by molar-refractivity contribution is -0.113. The minimum absolute atomic E-state index is 0.0295. The van der Waals surface area contributed by atoms with E-state index in [-0.39, 0.29) is 11.3 Å². The van der Waals surface area contributed by atoms with Gasteiger partial charge in [-0.05, 0) is 58.5 Å². The minimum Gasteiger partial charge on any atom is -0.497 e. The van der Waals surface area contributed by atoms with E-state index in [1.54, 1.807) is 12.0 Å². The van der Waals surface area contributed by atoms with Crippen LogP contribution in [0.25, 0.3) is 11.8 Å². The third kappa shape index (κ3) is 4.31. The summed E-state index contributed by atoms with van der Waals surface area (Å²) in [5.41, 5.74) is 5.67. The average molecular weight is 410 g/mol. The highest BCUT2D eigenvalue weighted by atomic mass is 16.5. The molecule has 0 saturated heterocycles. The van der Waals surface area contributed by atoms with Crippen molar-refractivity contribution in [2.75, 3.05) is 12.0 Å². The molecule has 3 heteroatoms. The number of hydrogen-bond acceptors (Lipinski definition) is 2. The van der Waals surface area contributed by atoms with E-state index < -0.39 is 0 Å². The van der Waals surface area contributed by atoms with E-state index in [1.807, 2.05) is 78.9 Å². The van der Waals surface area contributed by atoms with Crippen LogP contribution in [-0.2, 0) is 10.2 Å². The van der Waals surface area contributed by atoms with Crippen molar-refractivity contribution < 1.29 is 9.53 Å². The van der Waals surface area contributed by atoms with Gasteiger partial charge in [-0.2, -0.15) is 0 Å². The Hall–Kier alpha value is -3.59. The monoisotopic (exact) mass is 409 g/mol. The zero-order valence-corrected chi connectivity index (χ0v) is 18.4. The summed E-state index contributed by atoms with van der Waals surface area (Å²) in [6, 6.07) is 26.0. The van der Waals surface area contributed by atoms with E-state index in [0.29, 0.717) is 5.57 Å². The zero-order chi connectivity index (χ0) is 22.0. The van der Waals surface area contributed by atoms with Crippen LogP contribution < -0.4 is 9.64 Å². The minimum atomic E-state index is -0.0295. The number of amides is 1. The van der Waals surface area contributed by atoms with Gasteiger partial charge in [-0.1, -0.05) is 75.4 Å². The maximum Gasteiger partial charge on any atom is 0.262 e. The summed E-state index contributed by atoms with van der Waals surface area (Å²) in [6.45, 7) is 6.57. The van der Waals surface area contributed by atoms with Gasteiger partial charge in [-0.25, -0.2) is 0 Å². The van der Waals surface area contributed by atoms with Crippen LogP contribution in [0.5, 0.6) is 5.75 Å². The van der Waals surface area contributed by atoms with Crippen molar-refractivity contribution >= 4 is 23.4 Å². The summed E-state index contributed by atoms with van der Waals surface area (Å²) in [5.74, 6) is 0.763. The van der Waals surface area contributed by atoms with E-state index in [9.17, 15) is 4.79 Å². The lowest BCUT2D eigenvalue weighted by Crippen LogP contribution is -2.25. The molecule has 1 amide bonds. The SMILES string of the molecule is COc1ccc(/C=C2\C=C(c3ccccc3)N(c3ccc(C(C)(C)C)cc3)C2=O)cc1. The van der Waals surface area contributed by atoms with Crippen molar-refractivity contribution in [1.29, 1.82) is 0 Å². The summed E-state index contributed by atoms with van der Waals surface area (Å²) >= 11 is 0. The van der Waals surface area contributed by atoms with E-state index in [2.05, 4.69) is 32.9 Å². The number of carbonyl (C=O) groups excluding carboxylic acids is 1. The highest BCUT2D eigenvalue weighted by molar-refractivity contribution is 6.23. The van der Waals surface area contributed by atoms with Crippen molar-refractivity contribution in [2.45, 2.75) is 26.2 Å². The smallest absolute Gasteiger partial charge is 0.262 e. The van der Waals surface area contributed by atoms with Crippen LogP contribution in [0.3, 0.4) is 0 Å². The van der Waals surface area contributed by atoms with Gasteiger partial charge in [0.15, 0.2) is 0 Å². The number of hydrogen-bond donors (Lipinski definition) is 0. The first-order valence-electron chi connectivity index (χ1n) is 10.4. The van der Waals surface area contributed by atoms with Crippen molar-refractivity contribution in [3.63, 3.8) is 0 Å². The molecule has 1 aliphatic rings. The normalized spacial score (nSPS) is 15.4. The summed E-state index contributed by atoms with van der Waals surface area (Å²) < 4.78 is 5.24. The van der Waals surface area contributed by atoms with Crippen LogP contribution in [0, 0.1) is 0 Å².